The first-order valence-electron chi connectivity index (χ1n) is 5.52. The van der Waals surface area contributed by atoms with E-state index in [1.165, 1.54) is 12.8 Å². The zero-order valence-electron chi connectivity index (χ0n) is 10.3. The summed E-state index contributed by atoms with van der Waals surface area (Å²) in [5, 5.41) is 3.35. The van der Waals surface area contributed by atoms with Crippen molar-refractivity contribution < 1.29 is 4.74 Å². The van der Waals surface area contributed by atoms with Crippen LogP contribution in [0.15, 0.2) is 0 Å². The van der Waals surface area contributed by atoms with E-state index in [0.717, 1.165) is 13.2 Å². The summed E-state index contributed by atoms with van der Waals surface area (Å²) in [5.41, 5.74) is 0. The van der Waals surface area contributed by atoms with Crippen LogP contribution in [-0.2, 0) is 4.74 Å². The summed E-state index contributed by atoms with van der Waals surface area (Å²) < 4.78 is 5.14. The summed E-state index contributed by atoms with van der Waals surface area (Å²) in [5.74, 6) is 0. The highest BCUT2D eigenvalue weighted by Crippen LogP contribution is 2.02. The van der Waals surface area contributed by atoms with Gasteiger partial charge in [0.1, 0.15) is 0 Å². The fourth-order valence-corrected chi connectivity index (χ4v) is 1.57. The van der Waals surface area contributed by atoms with E-state index in [2.05, 4.69) is 31.1 Å². The van der Waals surface area contributed by atoms with Crippen molar-refractivity contribution in [2.75, 3.05) is 34.4 Å². The maximum Gasteiger partial charge on any atom is 0.0615 e. The Balaban J connectivity index is 3.81. The van der Waals surface area contributed by atoms with Crippen LogP contribution in [0.2, 0.25) is 0 Å². The molecule has 2 atom stereocenters. The van der Waals surface area contributed by atoms with Gasteiger partial charge in [0, 0.05) is 25.7 Å². The first kappa shape index (κ1) is 13.9. The summed E-state index contributed by atoms with van der Waals surface area (Å²) >= 11 is 0. The van der Waals surface area contributed by atoms with Crippen molar-refractivity contribution in [3.05, 3.63) is 0 Å². The Hall–Kier alpha value is -0.120. The van der Waals surface area contributed by atoms with E-state index < -0.39 is 0 Å². The molecule has 0 aliphatic carbocycles. The highest BCUT2D eigenvalue weighted by atomic mass is 16.5. The van der Waals surface area contributed by atoms with Crippen LogP contribution in [-0.4, -0.2) is 51.3 Å². The minimum Gasteiger partial charge on any atom is -0.383 e. The van der Waals surface area contributed by atoms with E-state index in [4.69, 9.17) is 4.74 Å². The third-order valence-electron chi connectivity index (χ3n) is 2.71. The Morgan fingerprint density at radius 1 is 1.43 bits per heavy atom. The van der Waals surface area contributed by atoms with Crippen LogP contribution in [0.5, 0.6) is 0 Å². The molecule has 0 aliphatic heterocycles. The summed E-state index contributed by atoms with van der Waals surface area (Å²) in [7, 11) is 5.95. The largest absolute Gasteiger partial charge is 0.383 e. The lowest BCUT2D eigenvalue weighted by atomic mass is 10.1. The molecule has 0 saturated carbocycles. The van der Waals surface area contributed by atoms with Crippen molar-refractivity contribution in [1.82, 2.24) is 10.2 Å². The molecule has 0 aromatic carbocycles. The monoisotopic (exact) mass is 202 g/mol. The van der Waals surface area contributed by atoms with Crippen molar-refractivity contribution in [2.24, 2.45) is 0 Å². The van der Waals surface area contributed by atoms with Crippen LogP contribution in [0.3, 0.4) is 0 Å². The maximum absolute atomic E-state index is 5.14. The minimum absolute atomic E-state index is 0.493. The van der Waals surface area contributed by atoms with E-state index in [1.54, 1.807) is 7.11 Å². The van der Waals surface area contributed by atoms with Gasteiger partial charge in [-0.25, -0.2) is 0 Å². The van der Waals surface area contributed by atoms with Crippen molar-refractivity contribution in [1.29, 1.82) is 0 Å². The normalized spacial score (nSPS) is 15.9. The number of hydrogen-bond acceptors (Lipinski definition) is 3. The Kier molecular flexibility index (Phi) is 8.14. The Labute approximate surface area is 88.8 Å². The molecular weight excluding hydrogens is 176 g/mol. The van der Waals surface area contributed by atoms with E-state index >= 15 is 0 Å². The quantitative estimate of drug-likeness (QED) is 0.643. The molecule has 3 nitrogen and oxygen atoms in total. The van der Waals surface area contributed by atoms with Crippen LogP contribution >= 0.6 is 0 Å². The van der Waals surface area contributed by atoms with Crippen molar-refractivity contribution >= 4 is 0 Å². The van der Waals surface area contributed by atoms with Crippen LogP contribution in [0.1, 0.15) is 26.7 Å². The second kappa shape index (κ2) is 8.21. The molecule has 0 saturated heterocycles. The van der Waals surface area contributed by atoms with Gasteiger partial charge in [0.2, 0.25) is 0 Å². The van der Waals surface area contributed by atoms with Gasteiger partial charge in [-0.15, -0.1) is 0 Å². The Morgan fingerprint density at radius 3 is 2.50 bits per heavy atom. The van der Waals surface area contributed by atoms with Gasteiger partial charge in [0.15, 0.2) is 0 Å². The van der Waals surface area contributed by atoms with Gasteiger partial charge < -0.3 is 10.1 Å². The molecule has 3 heteroatoms. The number of nitrogens with one attached hydrogen (secondary N) is 1. The average molecular weight is 202 g/mol. The Bertz CT molecular complexity index is 130. The lowest BCUT2D eigenvalue weighted by molar-refractivity contribution is 0.109. The molecule has 86 valence electrons. The zero-order chi connectivity index (χ0) is 11.0. The van der Waals surface area contributed by atoms with Gasteiger partial charge in [-0.2, -0.15) is 0 Å². The van der Waals surface area contributed by atoms with Crippen molar-refractivity contribution in [3.8, 4) is 0 Å². The molecule has 0 bridgehead atoms. The number of ether oxygens (including phenoxy) is 1. The van der Waals surface area contributed by atoms with E-state index in [-0.39, 0.29) is 0 Å². The lowest BCUT2D eigenvalue weighted by Crippen LogP contribution is -2.42. The maximum atomic E-state index is 5.14. The standard InChI is InChI=1S/C11H26N2O/c1-6-7-11(12-3)8-13(4)10(2)9-14-5/h10-12H,6-9H2,1-5H3. The summed E-state index contributed by atoms with van der Waals surface area (Å²) in [6.45, 7) is 6.32. The second-order valence-corrected chi connectivity index (χ2v) is 4.02. The van der Waals surface area contributed by atoms with Crippen molar-refractivity contribution in [3.63, 3.8) is 0 Å². The Morgan fingerprint density at radius 2 is 2.07 bits per heavy atom. The third-order valence-corrected chi connectivity index (χ3v) is 2.71. The van der Waals surface area contributed by atoms with Gasteiger partial charge in [0.05, 0.1) is 6.61 Å². The number of nitrogens with zero attached hydrogens (tertiary/aromatic N) is 1. The first-order valence-corrected chi connectivity index (χ1v) is 5.52. The zero-order valence-corrected chi connectivity index (χ0v) is 10.3. The predicted octanol–water partition coefficient (Wildman–Crippen LogP) is 1.34. The topological polar surface area (TPSA) is 24.5 Å². The number of hydrogen-bond donors (Lipinski definition) is 1. The average Bonchev–Trinajstić information content (AvgIpc) is 2.17. The molecule has 14 heavy (non-hydrogen) atoms. The molecule has 0 amide bonds. The highest BCUT2D eigenvalue weighted by molar-refractivity contribution is 4.71. The van der Waals surface area contributed by atoms with Crippen molar-refractivity contribution in [2.45, 2.75) is 38.8 Å². The van der Waals surface area contributed by atoms with Gasteiger partial charge >= 0.3 is 0 Å². The molecule has 0 spiro atoms. The van der Waals surface area contributed by atoms with E-state index in [1.807, 2.05) is 7.05 Å². The molecular formula is C11H26N2O. The smallest absolute Gasteiger partial charge is 0.0615 e. The van der Waals surface area contributed by atoms with Gasteiger partial charge in [-0.1, -0.05) is 13.3 Å². The van der Waals surface area contributed by atoms with E-state index in [9.17, 15) is 0 Å². The fourth-order valence-electron chi connectivity index (χ4n) is 1.57. The first-order chi connectivity index (χ1) is 6.65. The van der Waals surface area contributed by atoms with Gasteiger partial charge in [-0.05, 0) is 27.4 Å². The van der Waals surface area contributed by atoms with E-state index in [0.29, 0.717) is 12.1 Å². The molecule has 0 aromatic rings. The third kappa shape index (κ3) is 5.58. The molecule has 0 radical (unpaired) electrons. The molecule has 0 aromatic heterocycles. The summed E-state index contributed by atoms with van der Waals surface area (Å²) in [6.07, 6.45) is 2.47. The lowest BCUT2D eigenvalue weighted by Gasteiger charge is -2.28. The highest BCUT2D eigenvalue weighted by Gasteiger charge is 2.13. The van der Waals surface area contributed by atoms with Crippen LogP contribution in [0.4, 0.5) is 0 Å². The van der Waals surface area contributed by atoms with Crippen LogP contribution in [0.25, 0.3) is 0 Å². The number of rotatable bonds is 8. The molecule has 0 heterocycles. The molecule has 1 N–H and O–H groups in total. The summed E-state index contributed by atoms with van der Waals surface area (Å²) in [4.78, 5) is 2.35. The molecule has 0 rings (SSSR count). The van der Waals surface area contributed by atoms with Crippen LogP contribution in [0, 0.1) is 0 Å². The SMILES string of the molecule is CCCC(CN(C)C(C)COC)NC. The number of methoxy groups -OCH3 is 1. The van der Waals surface area contributed by atoms with Gasteiger partial charge in [0.25, 0.3) is 0 Å². The molecule has 2 unspecified atom stereocenters. The summed E-state index contributed by atoms with van der Waals surface area (Å²) in [6, 6.07) is 1.09. The number of likely N-dealkylation sites (N-methyl/N-ethyl adjacent to an activating group) is 2. The molecule has 0 fully saturated rings. The van der Waals surface area contributed by atoms with Gasteiger partial charge in [-0.3, -0.25) is 4.90 Å². The predicted molar refractivity (Wildman–Crippen MR) is 61.7 cm³/mol. The second-order valence-electron chi connectivity index (χ2n) is 4.02. The minimum atomic E-state index is 0.493. The molecule has 0 aliphatic rings. The van der Waals surface area contributed by atoms with Crippen LogP contribution < -0.4 is 5.32 Å². The fraction of sp³-hybridized carbons (Fsp3) is 1.00.